The largest absolute Gasteiger partial charge is 0.330 e. The second-order valence-corrected chi connectivity index (χ2v) is 14.2. The topological polar surface area (TPSA) is 26.0 Å². The van der Waals surface area contributed by atoms with Crippen LogP contribution in [0.15, 0.2) is 81.0 Å². The van der Waals surface area contributed by atoms with Crippen LogP contribution in [0.5, 0.6) is 0 Å². The van der Waals surface area contributed by atoms with E-state index >= 15 is 0 Å². The van der Waals surface area contributed by atoms with E-state index in [1.165, 1.54) is 64.2 Å². The zero-order chi connectivity index (χ0) is 23.3. The lowest BCUT2D eigenvalue weighted by molar-refractivity contribution is -0.0314. The van der Waals surface area contributed by atoms with Crippen LogP contribution in [0.2, 0.25) is 0 Å². The van der Waals surface area contributed by atoms with Crippen molar-refractivity contribution in [3.63, 3.8) is 0 Å². The quantitative estimate of drug-likeness (QED) is 0.455. The second kappa shape index (κ2) is 6.58. The summed E-state index contributed by atoms with van der Waals surface area (Å²) in [6.07, 6.45) is 29.5. The van der Waals surface area contributed by atoms with Gasteiger partial charge < -0.3 is 5.73 Å². The average Bonchev–Trinajstić information content (AvgIpc) is 2.92. The highest BCUT2D eigenvalue weighted by Gasteiger charge is 2.69. The zero-order valence-electron chi connectivity index (χ0n) is 21.5. The first-order valence-corrected chi connectivity index (χ1v) is 15.5. The molecule has 10 atom stereocenters. The van der Waals surface area contributed by atoms with Gasteiger partial charge in [0.05, 0.1) is 0 Å². The molecule has 36 heavy (non-hydrogen) atoms. The SMILES string of the molecule is NCCCC12C3=CC=C4CCC5CC=C6C=C7C=CC8CCC9=C%10C(=C1C(C7C%108)C6C5C42)C(CC9)C3. The number of nitrogens with two attached hydrogens (primary N) is 1. The molecular formula is C35H39N. The van der Waals surface area contributed by atoms with Crippen LogP contribution in [0.25, 0.3) is 0 Å². The normalized spacial score (nSPS) is 49.4. The van der Waals surface area contributed by atoms with Crippen molar-refractivity contribution >= 4 is 0 Å². The Morgan fingerprint density at radius 3 is 2.81 bits per heavy atom. The van der Waals surface area contributed by atoms with Crippen LogP contribution < -0.4 is 5.73 Å². The highest BCUT2D eigenvalue weighted by molar-refractivity contribution is 5.65. The van der Waals surface area contributed by atoms with E-state index in [1.54, 1.807) is 11.1 Å². The summed E-state index contributed by atoms with van der Waals surface area (Å²) in [5.74, 6) is 7.15. The lowest BCUT2D eigenvalue weighted by Crippen LogP contribution is -2.63. The predicted octanol–water partition coefficient (Wildman–Crippen LogP) is 7.37. The van der Waals surface area contributed by atoms with Gasteiger partial charge in [-0.05, 0) is 146 Å². The van der Waals surface area contributed by atoms with Crippen LogP contribution in [-0.4, -0.2) is 6.54 Å². The molecule has 10 aliphatic carbocycles. The van der Waals surface area contributed by atoms with Gasteiger partial charge in [-0.2, -0.15) is 0 Å². The molecule has 0 aromatic heterocycles. The Balaban J connectivity index is 1.36. The summed E-state index contributed by atoms with van der Waals surface area (Å²) in [7, 11) is 0. The summed E-state index contributed by atoms with van der Waals surface area (Å²) < 4.78 is 0. The van der Waals surface area contributed by atoms with Crippen molar-refractivity contribution in [2.75, 3.05) is 6.54 Å². The molecule has 2 saturated carbocycles. The predicted molar refractivity (Wildman–Crippen MR) is 145 cm³/mol. The van der Waals surface area contributed by atoms with E-state index in [9.17, 15) is 0 Å². The lowest BCUT2D eigenvalue weighted by Gasteiger charge is -2.71. The molecule has 0 aromatic rings. The second-order valence-electron chi connectivity index (χ2n) is 14.2. The van der Waals surface area contributed by atoms with Gasteiger partial charge in [0.2, 0.25) is 0 Å². The van der Waals surface area contributed by atoms with Gasteiger partial charge in [-0.3, -0.25) is 0 Å². The molecule has 184 valence electrons. The maximum absolute atomic E-state index is 6.33. The lowest BCUT2D eigenvalue weighted by atomic mass is 9.32. The highest BCUT2D eigenvalue weighted by Crippen LogP contribution is 2.78. The van der Waals surface area contributed by atoms with Gasteiger partial charge in [0.1, 0.15) is 0 Å². The summed E-state index contributed by atoms with van der Waals surface area (Å²) >= 11 is 0. The number of allylic oxidation sites excluding steroid dienone is 14. The van der Waals surface area contributed by atoms with E-state index in [2.05, 4.69) is 36.5 Å². The Morgan fingerprint density at radius 1 is 0.917 bits per heavy atom. The van der Waals surface area contributed by atoms with E-state index in [1.807, 2.05) is 33.4 Å². The van der Waals surface area contributed by atoms with Crippen LogP contribution in [0.4, 0.5) is 0 Å². The third kappa shape index (κ3) is 2.06. The minimum absolute atomic E-state index is 0.291. The molecule has 10 rings (SSSR count). The molecule has 0 spiro atoms. The van der Waals surface area contributed by atoms with Crippen molar-refractivity contribution in [1.82, 2.24) is 0 Å². The van der Waals surface area contributed by atoms with E-state index in [0.29, 0.717) is 5.41 Å². The van der Waals surface area contributed by atoms with Gasteiger partial charge in [-0.1, -0.05) is 58.7 Å². The molecule has 2 N–H and O–H groups in total. The molecule has 10 unspecified atom stereocenters. The maximum Gasteiger partial charge on any atom is 0.0202 e. The molecular weight excluding hydrogens is 434 g/mol. The molecule has 0 saturated heterocycles. The minimum Gasteiger partial charge on any atom is -0.330 e. The first-order valence-electron chi connectivity index (χ1n) is 15.5. The molecule has 0 bridgehead atoms. The fraction of sp³-hybridized carbons (Fsp3) is 0.600. The number of rotatable bonds is 3. The summed E-state index contributed by atoms with van der Waals surface area (Å²) in [6.45, 7) is 0.843. The standard InChI is InChI=1S/C35H39N/c36-15-1-14-35-25-13-12-21-8-4-20-7-10-23-16-22-9-5-18-2-3-19-6-11-24(17-25)31-27(19)26(18)28(22)32(34(31)35)29(23)30(20)33(21)35/h5,9-10,12-13,16,18,20,24,26,28-30,32-33H,1-4,6-8,11,14-15,17,36H2. The third-order valence-electron chi connectivity index (χ3n) is 13.4. The fourth-order valence-electron chi connectivity index (χ4n) is 12.6. The van der Waals surface area contributed by atoms with Crippen LogP contribution in [0.1, 0.15) is 64.2 Å². The third-order valence-corrected chi connectivity index (χ3v) is 13.4. The van der Waals surface area contributed by atoms with E-state index < -0.39 is 0 Å². The molecule has 0 heterocycles. The Kier molecular flexibility index (Phi) is 3.68. The Hall–Kier alpha value is -1.86. The molecule has 0 radical (unpaired) electrons. The van der Waals surface area contributed by atoms with Crippen LogP contribution in [-0.2, 0) is 0 Å². The number of hydrogen-bond acceptors (Lipinski definition) is 1. The maximum atomic E-state index is 6.33. The van der Waals surface area contributed by atoms with Gasteiger partial charge in [-0.15, -0.1) is 0 Å². The van der Waals surface area contributed by atoms with E-state index in [-0.39, 0.29) is 0 Å². The zero-order valence-corrected chi connectivity index (χ0v) is 21.5. The molecule has 1 heteroatoms. The van der Waals surface area contributed by atoms with Crippen LogP contribution in [0.3, 0.4) is 0 Å². The number of hydrogen-bond donors (Lipinski definition) is 1. The van der Waals surface area contributed by atoms with Gasteiger partial charge in [0.25, 0.3) is 0 Å². The summed E-state index contributed by atoms with van der Waals surface area (Å²) in [4.78, 5) is 0. The van der Waals surface area contributed by atoms with Gasteiger partial charge in [0, 0.05) is 5.41 Å². The Labute approximate surface area is 216 Å². The van der Waals surface area contributed by atoms with Gasteiger partial charge in [-0.25, -0.2) is 0 Å². The van der Waals surface area contributed by atoms with Gasteiger partial charge >= 0.3 is 0 Å². The fourth-order valence-corrected chi connectivity index (χ4v) is 12.6. The van der Waals surface area contributed by atoms with Crippen molar-refractivity contribution in [2.45, 2.75) is 64.2 Å². The van der Waals surface area contributed by atoms with Gasteiger partial charge in [0.15, 0.2) is 0 Å². The first kappa shape index (κ1) is 20.1. The van der Waals surface area contributed by atoms with Crippen molar-refractivity contribution in [1.29, 1.82) is 0 Å². The smallest absolute Gasteiger partial charge is 0.0202 e. The van der Waals surface area contributed by atoms with Crippen molar-refractivity contribution in [3.05, 3.63) is 81.0 Å². The molecule has 1 nitrogen and oxygen atoms in total. The molecule has 0 amide bonds. The van der Waals surface area contributed by atoms with Crippen molar-refractivity contribution in [2.24, 2.45) is 64.4 Å². The Morgan fingerprint density at radius 2 is 1.86 bits per heavy atom. The molecule has 0 aromatic carbocycles. The monoisotopic (exact) mass is 473 g/mol. The average molecular weight is 474 g/mol. The first-order chi connectivity index (χ1) is 17.8. The van der Waals surface area contributed by atoms with Crippen LogP contribution in [0, 0.1) is 58.7 Å². The van der Waals surface area contributed by atoms with Crippen LogP contribution >= 0.6 is 0 Å². The molecule has 0 aliphatic heterocycles. The van der Waals surface area contributed by atoms with Crippen molar-refractivity contribution < 1.29 is 0 Å². The highest BCUT2D eigenvalue weighted by atomic mass is 14.7. The summed E-state index contributed by atoms with van der Waals surface area (Å²) in [5.41, 5.74) is 21.5. The van der Waals surface area contributed by atoms with E-state index in [0.717, 1.165) is 59.8 Å². The van der Waals surface area contributed by atoms with Crippen molar-refractivity contribution in [3.8, 4) is 0 Å². The molecule has 10 aliphatic rings. The minimum atomic E-state index is 0.291. The Bertz CT molecular complexity index is 1340. The summed E-state index contributed by atoms with van der Waals surface area (Å²) in [5, 5.41) is 0. The molecule has 2 fully saturated rings. The van der Waals surface area contributed by atoms with E-state index in [4.69, 9.17) is 5.73 Å². The summed E-state index contributed by atoms with van der Waals surface area (Å²) in [6, 6.07) is 0.